The minimum Gasteiger partial charge on any atom is -0.453 e. The van der Waals surface area contributed by atoms with Crippen LogP contribution in [0.3, 0.4) is 0 Å². The van der Waals surface area contributed by atoms with Gasteiger partial charge in [0.25, 0.3) is 0 Å². The first kappa shape index (κ1) is 20.2. The van der Waals surface area contributed by atoms with Gasteiger partial charge >= 0.3 is 6.09 Å². The van der Waals surface area contributed by atoms with E-state index < -0.39 is 6.09 Å². The number of nitrogens with one attached hydrogen (secondary N) is 3. The molecule has 1 aromatic carbocycles. The van der Waals surface area contributed by atoms with E-state index in [1.807, 2.05) is 24.3 Å². The van der Waals surface area contributed by atoms with Gasteiger partial charge in [-0.3, -0.25) is 10.3 Å². The van der Waals surface area contributed by atoms with E-state index in [0.717, 1.165) is 18.1 Å². The minimum atomic E-state index is -0.478. The van der Waals surface area contributed by atoms with Crippen LogP contribution in [-0.4, -0.2) is 26.2 Å². The van der Waals surface area contributed by atoms with Crippen molar-refractivity contribution in [3.63, 3.8) is 0 Å². The number of nitrogens with zero attached hydrogens (tertiary/aromatic N) is 1. The standard InChI is InChI=1S/C16H20N4O2S.HI/c1-17-15(19-10-13-7-8-23-11-13)18-9-12-3-5-14(6-4-12)20-16(21)22-2;/h3-8,11H,9-10H2,1-2H3,(H,20,21)(H2,17,18,19);1H. The zero-order chi connectivity index (χ0) is 16.5. The largest absolute Gasteiger partial charge is 0.453 e. The lowest BCUT2D eigenvalue weighted by molar-refractivity contribution is 0.187. The van der Waals surface area contributed by atoms with Crippen molar-refractivity contribution in [2.75, 3.05) is 19.5 Å². The second-order valence-corrected chi connectivity index (χ2v) is 5.50. The Kier molecular flexibility index (Phi) is 9.16. The van der Waals surface area contributed by atoms with E-state index in [0.29, 0.717) is 12.2 Å². The van der Waals surface area contributed by atoms with Crippen molar-refractivity contribution >= 4 is 53.1 Å². The third kappa shape index (κ3) is 6.75. The highest BCUT2D eigenvalue weighted by molar-refractivity contribution is 14.0. The van der Waals surface area contributed by atoms with Gasteiger partial charge in [-0.1, -0.05) is 12.1 Å². The Morgan fingerprint density at radius 1 is 1.12 bits per heavy atom. The van der Waals surface area contributed by atoms with Crippen molar-refractivity contribution < 1.29 is 9.53 Å². The lowest BCUT2D eigenvalue weighted by Crippen LogP contribution is -2.36. The number of hydrogen-bond acceptors (Lipinski definition) is 4. The lowest BCUT2D eigenvalue weighted by Gasteiger charge is -2.12. The van der Waals surface area contributed by atoms with Crippen molar-refractivity contribution in [2.45, 2.75) is 13.1 Å². The van der Waals surface area contributed by atoms with E-state index in [-0.39, 0.29) is 24.0 Å². The first-order valence-electron chi connectivity index (χ1n) is 7.10. The normalized spacial score (nSPS) is 10.5. The Morgan fingerprint density at radius 2 is 1.79 bits per heavy atom. The van der Waals surface area contributed by atoms with Crippen LogP contribution in [0.1, 0.15) is 11.1 Å². The van der Waals surface area contributed by atoms with Gasteiger partial charge in [0.15, 0.2) is 5.96 Å². The molecule has 8 heteroatoms. The smallest absolute Gasteiger partial charge is 0.411 e. The van der Waals surface area contributed by atoms with Crippen LogP contribution in [-0.2, 0) is 17.8 Å². The summed E-state index contributed by atoms with van der Waals surface area (Å²) in [5.74, 6) is 0.743. The predicted octanol–water partition coefficient (Wildman–Crippen LogP) is 3.41. The molecular formula is C16H21IN4O2S. The van der Waals surface area contributed by atoms with Crippen molar-refractivity contribution in [3.8, 4) is 0 Å². The van der Waals surface area contributed by atoms with Gasteiger partial charge in [-0.05, 0) is 40.1 Å². The third-order valence-electron chi connectivity index (χ3n) is 3.11. The Morgan fingerprint density at radius 3 is 2.33 bits per heavy atom. The number of halogens is 1. The van der Waals surface area contributed by atoms with Crippen LogP contribution in [0.25, 0.3) is 0 Å². The van der Waals surface area contributed by atoms with E-state index in [1.165, 1.54) is 12.7 Å². The molecule has 24 heavy (non-hydrogen) atoms. The highest BCUT2D eigenvalue weighted by atomic mass is 127. The molecule has 0 aliphatic carbocycles. The molecule has 6 nitrogen and oxygen atoms in total. The molecule has 1 aromatic heterocycles. The number of guanidine groups is 1. The number of thiophene rings is 1. The SMILES string of the molecule is CN=C(NCc1ccc(NC(=O)OC)cc1)NCc1ccsc1.I. The molecule has 0 aliphatic rings. The number of anilines is 1. The average molecular weight is 460 g/mol. The molecule has 0 unspecified atom stereocenters. The first-order chi connectivity index (χ1) is 11.2. The van der Waals surface area contributed by atoms with E-state index in [2.05, 4.69) is 42.5 Å². The van der Waals surface area contributed by atoms with Gasteiger partial charge in [0, 0.05) is 25.8 Å². The number of rotatable bonds is 5. The summed E-state index contributed by atoms with van der Waals surface area (Å²) in [4.78, 5) is 15.3. The molecule has 0 spiro atoms. The van der Waals surface area contributed by atoms with Gasteiger partial charge in [0.05, 0.1) is 7.11 Å². The summed E-state index contributed by atoms with van der Waals surface area (Å²) >= 11 is 1.68. The molecule has 2 rings (SSSR count). The van der Waals surface area contributed by atoms with Gasteiger partial charge < -0.3 is 15.4 Å². The second-order valence-electron chi connectivity index (χ2n) is 4.72. The topological polar surface area (TPSA) is 74.8 Å². The maximum Gasteiger partial charge on any atom is 0.411 e. The molecule has 3 N–H and O–H groups in total. The number of carbonyl (C=O) groups excluding carboxylic acids is 1. The van der Waals surface area contributed by atoms with E-state index in [1.54, 1.807) is 18.4 Å². The van der Waals surface area contributed by atoms with Crippen LogP contribution >= 0.6 is 35.3 Å². The summed E-state index contributed by atoms with van der Waals surface area (Å²) in [7, 11) is 3.08. The Bertz CT molecular complexity index is 645. The summed E-state index contributed by atoms with van der Waals surface area (Å²) < 4.78 is 4.55. The summed E-state index contributed by atoms with van der Waals surface area (Å²) in [6.45, 7) is 1.38. The molecule has 0 bridgehead atoms. The Labute approximate surface area is 162 Å². The fourth-order valence-corrected chi connectivity index (χ4v) is 2.53. The lowest BCUT2D eigenvalue weighted by atomic mass is 10.2. The molecule has 130 valence electrons. The van der Waals surface area contributed by atoms with E-state index in [4.69, 9.17) is 0 Å². The predicted molar refractivity (Wildman–Crippen MR) is 109 cm³/mol. The van der Waals surface area contributed by atoms with Crippen molar-refractivity contribution in [1.82, 2.24) is 10.6 Å². The fraction of sp³-hybridized carbons (Fsp3) is 0.250. The minimum absolute atomic E-state index is 0. The molecule has 0 saturated carbocycles. The van der Waals surface area contributed by atoms with Crippen LogP contribution in [0.2, 0.25) is 0 Å². The Balaban J connectivity index is 0.00000288. The maximum absolute atomic E-state index is 11.1. The zero-order valence-electron chi connectivity index (χ0n) is 13.5. The second kappa shape index (κ2) is 10.9. The molecule has 1 heterocycles. The van der Waals surface area contributed by atoms with Gasteiger partial charge in [-0.2, -0.15) is 11.3 Å². The van der Waals surface area contributed by atoms with Gasteiger partial charge in [-0.15, -0.1) is 24.0 Å². The monoisotopic (exact) mass is 460 g/mol. The van der Waals surface area contributed by atoms with E-state index >= 15 is 0 Å². The van der Waals surface area contributed by atoms with Crippen LogP contribution < -0.4 is 16.0 Å². The molecule has 0 radical (unpaired) electrons. The number of aliphatic imine (C=N–C) groups is 1. The number of ether oxygens (including phenoxy) is 1. The maximum atomic E-state index is 11.1. The zero-order valence-corrected chi connectivity index (χ0v) is 16.7. The van der Waals surface area contributed by atoms with Crippen molar-refractivity contribution in [2.24, 2.45) is 4.99 Å². The van der Waals surface area contributed by atoms with Crippen LogP contribution in [0, 0.1) is 0 Å². The molecule has 0 atom stereocenters. The van der Waals surface area contributed by atoms with Crippen LogP contribution in [0.15, 0.2) is 46.1 Å². The quantitative estimate of drug-likeness (QED) is 0.363. The average Bonchev–Trinajstić information content (AvgIpc) is 3.09. The third-order valence-corrected chi connectivity index (χ3v) is 3.84. The number of benzene rings is 1. The highest BCUT2D eigenvalue weighted by Gasteiger charge is 2.02. The summed E-state index contributed by atoms with van der Waals surface area (Å²) in [5.41, 5.74) is 3.01. The Hall–Kier alpha value is -1.81. The highest BCUT2D eigenvalue weighted by Crippen LogP contribution is 2.09. The van der Waals surface area contributed by atoms with Crippen molar-refractivity contribution in [3.05, 3.63) is 52.2 Å². The molecule has 0 saturated heterocycles. The molecule has 2 aromatic rings. The summed E-state index contributed by atoms with van der Waals surface area (Å²) in [6.07, 6.45) is -0.478. The number of methoxy groups -OCH3 is 1. The molecular weight excluding hydrogens is 439 g/mol. The first-order valence-corrected chi connectivity index (χ1v) is 8.05. The molecule has 0 aliphatic heterocycles. The summed E-state index contributed by atoms with van der Waals surface area (Å²) in [5, 5.41) is 13.3. The number of carbonyl (C=O) groups is 1. The van der Waals surface area contributed by atoms with Gasteiger partial charge in [0.2, 0.25) is 0 Å². The van der Waals surface area contributed by atoms with Crippen LogP contribution in [0.4, 0.5) is 10.5 Å². The molecule has 1 amide bonds. The molecule has 0 fully saturated rings. The van der Waals surface area contributed by atoms with E-state index in [9.17, 15) is 4.79 Å². The fourth-order valence-electron chi connectivity index (χ4n) is 1.86. The number of amides is 1. The summed E-state index contributed by atoms with van der Waals surface area (Å²) in [6, 6.07) is 9.61. The van der Waals surface area contributed by atoms with Crippen LogP contribution in [0.5, 0.6) is 0 Å². The van der Waals surface area contributed by atoms with Crippen molar-refractivity contribution in [1.29, 1.82) is 0 Å². The van der Waals surface area contributed by atoms with Gasteiger partial charge in [-0.25, -0.2) is 4.79 Å². The van der Waals surface area contributed by atoms with Gasteiger partial charge in [0.1, 0.15) is 0 Å². The number of hydrogen-bond donors (Lipinski definition) is 3.